The van der Waals surface area contributed by atoms with Crippen molar-refractivity contribution >= 4 is 15.7 Å². The third kappa shape index (κ3) is 2.25. The molecule has 62 valence electrons. The van der Waals surface area contributed by atoms with Crippen molar-refractivity contribution in [3.63, 3.8) is 0 Å². The Balaban J connectivity index is 2.87. The number of sulfonamides is 1. The van der Waals surface area contributed by atoms with Crippen molar-refractivity contribution in [2.45, 2.75) is 0 Å². The molecule has 0 bridgehead atoms. The van der Waals surface area contributed by atoms with Gasteiger partial charge in [-0.3, -0.25) is 4.72 Å². The van der Waals surface area contributed by atoms with Crippen molar-refractivity contribution < 1.29 is 8.42 Å². The Kier molecular flexibility index (Phi) is 2.31. The number of thiocyanates is 1. The number of anilines is 1. The Morgan fingerprint density at radius 2 is 1.83 bits per heavy atom. The lowest BCUT2D eigenvalue weighted by molar-refractivity contribution is 0.610. The molecule has 12 heavy (non-hydrogen) atoms. The Morgan fingerprint density at radius 1 is 1.25 bits per heavy atom. The van der Waals surface area contributed by atoms with E-state index in [9.17, 15) is 8.42 Å². The van der Waals surface area contributed by atoms with Crippen molar-refractivity contribution in [2.75, 3.05) is 4.72 Å². The van der Waals surface area contributed by atoms with Crippen LogP contribution in [-0.4, -0.2) is 8.42 Å². The minimum atomic E-state index is -3.82. The van der Waals surface area contributed by atoms with Crippen LogP contribution >= 0.6 is 0 Å². The van der Waals surface area contributed by atoms with Gasteiger partial charge in [-0.15, -0.1) is 0 Å². The fourth-order valence-corrected chi connectivity index (χ4v) is 1.18. The smallest absolute Gasteiger partial charge is 0.272 e. The van der Waals surface area contributed by atoms with Gasteiger partial charge in [-0.25, -0.2) is 0 Å². The van der Waals surface area contributed by atoms with E-state index in [0.29, 0.717) is 5.69 Å². The highest BCUT2D eigenvalue weighted by atomic mass is 32.2. The summed E-state index contributed by atoms with van der Waals surface area (Å²) in [6.45, 7) is 0. The van der Waals surface area contributed by atoms with Gasteiger partial charge >= 0.3 is 10.0 Å². The van der Waals surface area contributed by atoms with Crippen LogP contribution in [0.15, 0.2) is 30.3 Å². The van der Waals surface area contributed by atoms with E-state index in [-0.39, 0.29) is 0 Å². The lowest BCUT2D eigenvalue weighted by atomic mass is 10.3. The predicted molar refractivity (Wildman–Crippen MR) is 44.6 cm³/mol. The number of hydrogen-bond donors (Lipinski definition) is 1. The minimum absolute atomic E-state index is 0.388. The van der Waals surface area contributed by atoms with Crippen molar-refractivity contribution in [1.82, 2.24) is 0 Å². The number of hydrogen-bond acceptors (Lipinski definition) is 3. The number of nitriles is 1. The second kappa shape index (κ2) is 3.24. The summed E-state index contributed by atoms with van der Waals surface area (Å²) in [6.07, 6.45) is 0. The van der Waals surface area contributed by atoms with Gasteiger partial charge in [-0.1, -0.05) is 18.2 Å². The Labute approximate surface area is 70.5 Å². The van der Waals surface area contributed by atoms with Crippen molar-refractivity contribution in [3.05, 3.63) is 30.3 Å². The van der Waals surface area contributed by atoms with E-state index >= 15 is 0 Å². The molecule has 0 heterocycles. The molecule has 0 spiro atoms. The topological polar surface area (TPSA) is 70.0 Å². The van der Waals surface area contributed by atoms with Gasteiger partial charge in [-0.05, 0) is 12.1 Å². The van der Waals surface area contributed by atoms with Crippen LogP contribution in [0.5, 0.6) is 0 Å². The zero-order valence-electron chi connectivity index (χ0n) is 6.06. The molecule has 0 aliphatic rings. The molecule has 0 amide bonds. The van der Waals surface area contributed by atoms with Crippen molar-refractivity contribution in [2.24, 2.45) is 0 Å². The highest BCUT2D eigenvalue weighted by molar-refractivity contribution is 7.97. The largest absolute Gasteiger partial charge is 0.326 e. The van der Waals surface area contributed by atoms with Gasteiger partial charge in [0, 0.05) is 5.69 Å². The van der Waals surface area contributed by atoms with Gasteiger partial charge in [0.15, 0.2) is 0 Å². The Hall–Kier alpha value is -1.54. The van der Waals surface area contributed by atoms with Crippen molar-refractivity contribution in [1.29, 1.82) is 5.26 Å². The van der Waals surface area contributed by atoms with E-state index in [1.54, 1.807) is 30.3 Å². The molecule has 0 unspecified atom stereocenters. The first-order valence-electron chi connectivity index (χ1n) is 3.13. The number of nitrogens with one attached hydrogen (secondary N) is 1. The molecule has 1 aromatic rings. The van der Waals surface area contributed by atoms with Gasteiger partial charge < -0.3 is 0 Å². The summed E-state index contributed by atoms with van der Waals surface area (Å²) in [4.78, 5) is 0. The average molecular weight is 182 g/mol. The number of para-hydroxylation sites is 1. The van der Waals surface area contributed by atoms with Crippen LogP contribution in [0, 0.1) is 10.7 Å². The summed E-state index contributed by atoms with van der Waals surface area (Å²) < 4.78 is 23.5. The maximum absolute atomic E-state index is 10.7. The molecule has 5 heteroatoms. The van der Waals surface area contributed by atoms with Crippen LogP contribution in [0.3, 0.4) is 0 Å². The van der Waals surface area contributed by atoms with E-state index in [0.717, 1.165) is 5.40 Å². The molecular formula is C7H6N2O2S. The zero-order chi connectivity index (χ0) is 9.03. The van der Waals surface area contributed by atoms with Gasteiger partial charge in [0.25, 0.3) is 0 Å². The molecule has 0 aliphatic heterocycles. The molecular weight excluding hydrogens is 176 g/mol. The maximum atomic E-state index is 10.7. The molecule has 1 N–H and O–H groups in total. The minimum Gasteiger partial charge on any atom is -0.272 e. The monoisotopic (exact) mass is 182 g/mol. The first kappa shape index (κ1) is 8.56. The van der Waals surface area contributed by atoms with E-state index < -0.39 is 10.0 Å². The standard InChI is InChI=1S/C7H6N2O2S/c8-6-12(10,11)9-7-4-2-1-3-5-7/h1-5,9H. The fourth-order valence-electron chi connectivity index (χ4n) is 0.684. The van der Waals surface area contributed by atoms with Gasteiger partial charge in [0.05, 0.1) is 0 Å². The molecule has 0 fully saturated rings. The van der Waals surface area contributed by atoms with Crippen LogP contribution in [0.1, 0.15) is 0 Å². The summed E-state index contributed by atoms with van der Waals surface area (Å²) in [5, 5.41) is 9.31. The Morgan fingerprint density at radius 3 is 2.33 bits per heavy atom. The van der Waals surface area contributed by atoms with Gasteiger partial charge in [0.2, 0.25) is 5.40 Å². The van der Waals surface area contributed by atoms with Crippen LogP contribution in [0.25, 0.3) is 0 Å². The number of benzene rings is 1. The van der Waals surface area contributed by atoms with E-state index in [4.69, 9.17) is 5.26 Å². The Bertz CT molecular complexity index is 391. The van der Waals surface area contributed by atoms with Crippen LogP contribution in [0.4, 0.5) is 5.69 Å². The van der Waals surface area contributed by atoms with Crippen LogP contribution in [-0.2, 0) is 10.0 Å². The summed E-state index contributed by atoms with van der Waals surface area (Å²) in [7, 11) is -3.82. The summed E-state index contributed by atoms with van der Waals surface area (Å²) in [5.74, 6) is 0. The van der Waals surface area contributed by atoms with Crippen molar-refractivity contribution in [3.8, 4) is 5.40 Å². The highest BCUT2D eigenvalue weighted by Gasteiger charge is 2.05. The first-order valence-corrected chi connectivity index (χ1v) is 4.61. The van der Waals surface area contributed by atoms with E-state index in [1.165, 1.54) is 0 Å². The molecule has 0 aliphatic carbocycles. The number of nitrogens with zero attached hydrogens (tertiary/aromatic N) is 1. The lowest BCUT2D eigenvalue weighted by Crippen LogP contribution is -2.08. The van der Waals surface area contributed by atoms with Gasteiger partial charge in [0.1, 0.15) is 0 Å². The van der Waals surface area contributed by atoms with Gasteiger partial charge in [-0.2, -0.15) is 13.7 Å². The quantitative estimate of drug-likeness (QED) is 0.546. The maximum Gasteiger partial charge on any atom is 0.326 e. The number of rotatable bonds is 2. The summed E-state index contributed by atoms with van der Waals surface area (Å²) in [5.41, 5.74) is 0.388. The average Bonchev–Trinajstić information content (AvgIpc) is 2.06. The third-order valence-corrected chi connectivity index (χ3v) is 1.89. The molecule has 0 saturated carbocycles. The van der Waals surface area contributed by atoms with Crippen LogP contribution < -0.4 is 4.72 Å². The third-order valence-electron chi connectivity index (χ3n) is 1.15. The molecule has 0 aromatic heterocycles. The second-order valence-corrected chi connectivity index (χ2v) is 3.46. The highest BCUT2D eigenvalue weighted by Crippen LogP contribution is 2.06. The molecule has 0 atom stereocenters. The molecule has 0 saturated heterocycles. The predicted octanol–water partition coefficient (Wildman–Crippen LogP) is 0.909. The molecule has 1 aromatic carbocycles. The SMILES string of the molecule is N#CS(=O)(=O)Nc1ccccc1. The van der Waals surface area contributed by atoms with E-state index in [1.807, 2.05) is 0 Å². The first-order chi connectivity index (χ1) is 5.64. The lowest BCUT2D eigenvalue weighted by Gasteiger charge is -1.98. The summed E-state index contributed by atoms with van der Waals surface area (Å²) in [6, 6.07) is 8.23. The molecule has 1 rings (SSSR count). The second-order valence-electron chi connectivity index (χ2n) is 2.06. The molecule has 4 nitrogen and oxygen atoms in total. The molecule has 0 radical (unpaired) electrons. The van der Waals surface area contributed by atoms with Crippen LogP contribution in [0.2, 0.25) is 0 Å². The zero-order valence-corrected chi connectivity index (χ0v) is 6.88. The summed E-state index contributed by atoms with van der Waals surface area (Å²) >= 11 is 0. The van der Waals surface area contributed by atoms with E-state index in [2.05, 4.69) is 4.72 Å². The normalized spacial score (nSPS) is 10.2. The fraction of sp³-hybridized carbons (Fsp3) is 0.